The van der Waals surface area contributed by atoms with Crippen LogP contribution in [0.25, 0.3) is 10.2 Å². The van der Waals surface area contributed by atoms with Crippen molar-refractivity contribution in [2.45, 2.75) is 18.2 Å². The molecular weight excluding hydrogens is 448 g/mol. The highest BCUT2D eigenvalue weighted by molar-refractivity contribution is 7.90. The smallest absolute Gasteiger partial charge is 0.333 e. The highest BCUT2D eigenvalue weighted by atomic mass is 32.2. The molecule has 0 aliphatic carbocycles. The van der Waals surface area contributed by atoms with E-state index in [0.717, 1.165) is 16.9 Å². The van der Waals surface area contributed by atoms with Gasteiger partial charge in [0.05, 0.1) is 27.4 Å². The van der Waals surface area contributed by atoms with Gasteiger partial charge in [0.1, 0.15) is 0 Å². The van der Waals surface area contributed by atoms with Crippen molar-refractivity contribution < 1.29 is 17.9 Å². The van der Waals surface area contributed by atoms with Crippen LogP contribution in [-0.4, -0.2) is 45.8 Å². The number of benzene rings is 2. The molecule has 0 N–H and O–H groups in total. The number of thiazole rings is 1. The van der Waals surface area contributed by atoms with Crippen LogP contribution >= 0.6 is 11.3 Å². The first-order valence-electron chi connectivity index (χ1n) is 9.80. The molecule has 8 nitrogen and oxygen atoms in total. The summed E-state index contributed by atoms with van der Waals surface area (Å²) in [6.45, 7) is 6.25. The number of hydrogen-bond acceptors (Lipinski definition) is 9. The molecule has 10 heteroatoms. The highest BCUT2D eigenvalue weighted by Crippen LogP contribution is 2.31. The van der Waals surface area contributed by atoms with Crippen LogP contribution in [0.15, 0.2) is 69.7 Å². The number of nitrogens with zero attached hydrogens (tertiary/aromatic N) is 4. The topological polar surface area (TPSA) is 101 Å². The van der Waals surface area contributed by atoms with Gasteiger partial charge in [-0.1, -0.05) is 17.9 Å². The molecule has 0 aliphatic heterocycles. The Morgan fingerprint density at radius 3 is 2.56 bits per heavy atom. The van der Waals surface area contributed by atoms with E-state index in [-0.39, 0.29) is 10.9 Å². The first-order valence-corrected chi connectivity index (χ1v) is 12.5. The molecule has 0 radical (unpaired) electrons. The van der Waals surface area contributed by atoms with Gasteiger partial charge in [0.2, 0.25) is 5.13 Å². The van der Waals surface area contributed by atoms with Crippen LogP contribution < -0.4 is 4.90 Å². The number of azo groups is 1. The van der Waals surface area contributed by atoms with Crippen molar-refractivity contribution in [2.75, 3.05) is 31.4 Å². The van der Waals surface area contributed by atoms with Crippen molar-refractivity contribution in [3.05, 3.63) is 54.6 Å². The number of hydrogen-bond donors (Lipinski definition) is 0. The molecule has 0 aliphatic rings. The lowest BCUT2D eigenvalue weighted by Crippen LogP contribution is -2.20. The van der Waals surface area contributed by atoms with Crippen molar-refractivity contribution in [3.8, 4) is 0 Å². The molecule has 1 aromatic heterocycles. The number of aromatic nitrogens is 1. The minimum Gasteiger partial charge on any atom is -0.462 e. The minimum atomic E-state index is -3.27. The summed E-state index contributed by atoms with van der Waals surface area (Å²) in [6, 6.07) is 12.4. The van der Waals surface area contributed by atoms with E-state index in [2.05, 4.69) is 26.7 Å². The fourth-order valence-corrected chi connectivity index (χ4v) is 4.31. The highest BCUT2D eigenvalue weighted by Gasteiger charge is 2.10. The number of ether oxygens (including phenoxy) is 1. The Kier molecular flexibility index (Phi) is 7.37. The molecule has 0 atom stereocenters. The van der Waals surface area contributed by atoms with E-state index < -0.39 is 9.84 Å². The lowest BCUT2D eigenvalue weighted by molar-refractivity contribution is -0.138. The Balaban J connectivity index is 1.59. The molecule has 0 bridgehead atoms. The summed E-state index contributed by atoms with van der Waals surface area (Å²) in [5.41, 5.74) is 2.76. The van der Waals surface area contributed by atoms with Crippen LogP contribution in [0.5, 0.6) is 0 Å². The third kappa shape index (κ3) is 6.21. The van der Waals surface area contributed by atoms with Crippen LogP contribution in [0.2, 0.25) is 0 Å². The average molecular weight is 473 g/mol. The van der Waals surface area contributed by atoms with Crippen LogP contribution in [0.1, 0.15) is 13.3 Å². The third-order valence-corrected chi connectivity index (χ3v) is 6.55. The maximum atomic E-state index is 11.7. The number of esters is 1. The number of carbonyl (C=O) groups excluding carboxylic acids is 1. The maximum absolute atomic E-state index is 11.7. The zero-order valence-electron chi connectivity index (χ0n) is 18.1. The summed E-state index contributed by atoms with van der Waals surface area (Å²) >= 11 is 1.28. The fraction of sp³-hybridized carbons (Fsp3) is 0.273. The second-order valence-electron chi connectivity index (χ2n) is 7.31. The zero-order valence-corrected chi connectivity index (χ0v) is 19.7. The van der Waals surface area contributed by atoms with E-state index in [1.165, 1.54) is 23.7 Å². The van der Waals surface area contributed by atoms with Crippen molar-refractivity contribution in [1.29, 1.82) is 0 Å². The molecule has 0 unspecified atom stereocenters. The number of rotatable bonds is 9. The van der Waals surface area contributed by atoms with E-state index >= 15 is 0 Å². The van der Waals surface area contributed by atoms with Gasteiger partial charge in [0.25, 0.3) is 0 Å². The molecular formula is C22H24N4O4S2. The number of fused-ring (bicyclic) bond motifs is 1. The first-order chi connectivity index (χ1) is 15.1. The maximum Gasteiger partial charge on any atom is 0.333 e. The molecule has 0 amide bonds. The number of sulfone groups is 1. The van der Waals surface area contributed by atoms with Crippen LogP contribution in [0.4, 0.5) is 16.5 Å². The normalized spacial score (nSPS) is 11.7. The number of carbonyl (C=O) groups is 1. The van der Waals surface area contributed by atoms with E-state index in [1.807, 2.05) is 31.3 Å². The van der Waals surface area contributed by atoms with E-state index in [9.17, 15) is 13.2 Å². The van der Waals surface area contributed by atoms with Gasteiger partial charge in [-0.2, -0.15) is 0 Å². The van der Waals surface area contributed by atoms with Crippen molar-refractivity contribution in [2.24, 2.45) is 10.2 Å². The fourth-order valence-electron chi connectivity index (χ4n) is 2.76. The molecule has 0 saturated heterocycles. The summed E-state index contributed by atoms with van der Waals surface area (Å²) in [5.74, 6) is -0.369. The van der Waals surface area contributed by atoms with Crippen molar-refractivity contribution in [1.82, 2.24) is 4.98 Å². The van der Waals surface area contributed by atoms with Gasteiger partial charge in [-0.3, -0.25) is 0 Å². The third-order valence-electron chi connectivity index (χ3n) is 4.54. The molecule has 0 spiro atoms. The van der Waals surface area contributed by atoms with E-state index in [1.54, 1.807) is 19.1 Å². The van der Waals surface area contributed by atoms with Crippen LogP contribution in [-0.2, 0) is 19.4 Å². The summed E-state index contributed by atoms with van der Waals surface area (Å²) in [6.07, 6.45) is 1.88. The second kappa shape index (κ2) is 10.0. The quantitative estimate of drug-likeness (QED) is 0.187. The summed E-state index contributed by atoms with van der Waals surface area (Å²) in [5, 5.41) is 8.87. The first kappa shape index (κ1) is 23.6. The van der Waals surface area contributed by atoms with Crippen molar-refractivity contribution in [3.63, 3.8) is 0 Å². The predicted molar refractivity (Wildman–Crippen MR) is 127 cm³/mol. The Bertz CT molecular complexity index is 1260. The van der Waals surface area contributed by atoms with E-state index in [0.29, 0.717) is 34.9 Å². The molecule has 1 heterocycles. The summed E-state index contributed by atoms with van der Waals surface area (Å²) in [4.78, 5) is 18.1. The Hall–Kier alpha value is -3.11. The van der Waals surface area contributed by atoms with Gasteiger partial charge >= 0.3 is 5.97 Å². The Morgan fingerprint density at radius 2 is 1.91 bits per heavy atom. The monoisotopic (exact) mass is 472 g/mol. The summed E-state index contributed by atoms with van der Waals surface area (Å²) < 4.78 is 29.3. The largest absolute Gasteiger partial charge is 0.462 e. The number of anilines is 1. The van der Waals surface area contributed by atoms with Crippen molar-refractivity contribution >= 4 is 53.9 Å². The lowest BCUT2D eigenvalue weighted by atomic mass is 10.2. The van der Waals surface area contributed by atoms with Gasteiger partial charge in [-0.25, -0.2) is 18.2 Å². The molecule has 32 heavy (non-hydrogen) atoms. The average Bonchev–Trinajstić information content (AvgIpc) is 3.17. The predicted octanol–water partition coefficient (Wildman–Crippen LogP) is 5.06. The molecule has 0 fully saturated rings. The Morgan fingerprint density at radius 1 is 1.19 bits per heavy atom. The van der Waals surface area contributed by atoms with Gasteiger partial charge in [-0.15, -0.1) is 10.2 Å². The Labute approximate surface area is 191 Å². The van der Waals surface area contributed by atoms with Gasteiger partial charge in [0.15, 0.2) is 9.84 Å². The zero-order chi connectivity index (χ0) is 23.3. The van der Waals surface area contributed by atoms with Gasteiger partial charge < -0.3 is 9.64 Å². The van der Waals surface area contributed by atoms with Gasteiger partial charge in [-0.05, 0) is 55.8 Å². The van der Waals surface area contributed by atoms with Crippen LogP contribution in [0.3, 0.4) is 0 Å². The van der Waals surface area contributed by atoms with Gasteiger partial charge in [0, 0.05) is 31.1 Å². The van der Waals surface area contributed by atoms with Crippen LogP contribution in [0, 0.1) is 0 Å². The minimum absolute atomic E-state index is 0.255. The molecule has 168 valence electrons. The lowest BCUT2D eigenvalue weighted by Gasteiger charge is -2.19. The SMILES string of the molecule is C=C(C)C(=O)OCCCN(C)c1ccc(N=Nc2nc3ccc(S(C)(=O)=O)cc3s2)cc1. The molecule has 3 aromatic rings. The molecule has 2 aromatic carbocycles. The molecule has 3 rings (SSSR count). The molecule has 0 saturated carbocycles. The standard InChI is InChI=1S/C22H24N4O4S2/c1-15(2)21(27)30-13-5-12-26(3)17-8-6-16(7-9-17)24-25-22-23-19-11-10-18(32(4,28)29)14-20(19)31-22/h6-11,14H,1,5,12-13H2,2-4H3. The second-order valence-corrected chi connectivity index (χ2v) is 10.3. The summed E-state index contributed by atoms with van der Waals surface area (Å²) in [7, 11) is -1.31. The van der Waals surface area contributed by atoms with E-state index in [4.69, 9.17) is 4.74 Å².